The van der Waals surface area contributed by atoms with Crippen molar-refractivity contribution in [1.29, 1.82) is 0 Å². The predicted octanol–water partition coefficient (Wildman–Crippen LogP) is 3.79. The largest absolute Gasteiger partial charge is 0.298 e. The van der Waals surface area contributed by atoms with Crippen molar-refractivity contribution < 1.29 is 4.79 Å². The monoisotopic (exact) mass is 452 g/mol. The third-order valence-electron chi connectivity index (χ3n) is 4.94. The molecular weight excluding hydrogens is 436 g/mol. The number of carbonyl (C=O) groups is 1. The summed E-state index contributed by atoms with van der Waals surface area (Å²) in [6.07, 6.45) is -0.355. The van der Waals surface area contributed by atoms with Gasteiger partial charge >= 0.3 is 0 Å². The number of nitrogens with one attached hydrogen (secondary N) is 1. The van der Waals surface area contributed by atoms with Crippen LogP contribution in [0.2, 0.25) is 5.02 Å². The molecule has 2 aliphatic heterocycles. The highest BCUT2D eigenvalue weighted by Gasteiger charge is 2.35. The van der Waals surface area contributed by atoms with E-state index in [4.69, 9.17) is 21.7 Å². The second kappa shape index (κ2) is 7.91. The van der Waals surface area contributed by atoms with E-state index in [1.165, 1.54) is 11.8 Å². The Morgan fingerprint density at radius 1 is 1.17 bits per heavy atom. The molecule has 0 saturated carbocycles. The van der Waals surface area contributed by atoms with Gasteiger partial charge in [0.1, 0.15) is 5.70 Å². The second-order valence-corrected chi connectivity index (χ2v) is 9.30. The highest BCUT2D eigenvalue weighted by atomic mass is 35.5. The van der Waals surface area contributed by atoms with E-state index in [9.17, 15) is 4.79 Å². The summed E-state index contributed by atoms with van der Waals surface area (Å²) in [5.41, 5.74) is 2.79. The van der Waals surface area contributed by atoms with Gasteiger partial charge < -0.3 is 0 Å². The lowest BCUT2D eigenvalue weighted by Gasteiger charge is -2.33. The molecule has 0 saturated heterocycles. The summed E-state index contributed by atoms with van der Waals surface area (Å²) in [5, 5.41) is 14.4. The Hall–Kier alpha value is -2.61. The van der Waals surface area contributed by atoms with Crippen molar-refractivity contribution in [2.45, 2.75) is 18.8 Å². The minimum atomic E-state index is -0.355. The van der Waals surface area contributed by atoms with E-state index in [-0.39, 0.29) is 12.1 Å². The Balaban J connectivity index is 1.55. The molecule has 150 valence electrons. The van der Waals surface area contributed by atoms with Crippen molar-refractivity contribution in [1.82, 2.24) is 10.3 Å². The Morgan fingerprint density at radius 3 is 2.73 bits per heavy atom. The molecule has 0 spiro atoms. The van der Waals surface area contributed by atoms with Crippen LogP contribution in [0.5, 0.6) is 0 Å². The van der Waals surface area contributed by atoms with E-state index in [0.29, 0.717) is 21.6 Å². The minimum absolute atomic E-state index is 0.162. The van der Waals surface area contributed by atoms with Crippen molar-refractivity contribution in [3.05, 3.63) is 91.6 Å². The Labute approximate surface area is 186 Å². The maximum atomic E-state index is 13.1. The molecule has 1 N–H and O–H groups in total. The quantitative estimate of drug-likeness (QED) is 0.657. The normalized spacial score (nSPS) is 17.6. The van der Waals surface area contributed by atoms with Crippen LogP contribution in [0.4, 0.5) is 0 Å². The van der Waals surface area contributed by atoms with Gasteiger partial charge in [0.05, 0.1) is 10.2 Å². The number of fused-ring (bicyclic) bond motifs is 2. The zero-order valence-corrected chi connectivity index (χ0v) is 18.4. The molecule has 1 atom stereocenters. The molecule has 0 unspecified atom stereocenters. The van der Waals surface area contributed by atoms with Crippen LogP contribution in [0.25, 0.3) is 5.70 Å². The molecule has 1 amide bonds. The first-order chi connectivity index (χ1) is 14.6. The van der Waals surface area contributed by atoms with E-state index in [1.54, 1.807) is 16.3 Å². The summed E-state index contributed by atoms with van der Waals surface area (Å²) in [6, 6.07) is 17.5. The number of amidine groups is 1. The molecule has 3 aromatic rings. The van der Waals surface area contributed by atoms with Gasteiger partial charge in [0.15, 0.2) is 11.3 Å². The molecule has 30 heavy (non-hydrogen) atoms. The third kappa shape index (κ3) is 3.53. The van der Waals surface area contributed by atoms with Gasteiger partial charge in [-0.15, -0.1) is 16.4 Å². The molecule has 5 nitrogen and oxygen atoms in total. The van der Waals surface area contributed by atoms with Gasteiger partial charge in [-0.1, -0.05) is 53.7 Å². The number of amides is 1. The standard InChI is InChI=1S/C22H17ClN4OS2/c1-13-10-11-29-19(13)20-24-17-5-3-2-4-16(17)18-21(28)25-22(26-27(18)20)30-12-14-6-8-15(23)9-7-14/h2-11,20H,12H2,1H3,(H,25,26,28)/t20-/m1/s1. The van der Waals surface area contributed by atoms with Crippen molar-refractivity contribution >= 4 is 51.5 Å². The maximum Gasteiger partial charge on any atom is 0.276 e. The number of hydrazone groups is 1. The number of carbonyl (C=O) groups excluding carboxylic acids is 1. The number of hydrogen-bond donors (Lipinski definition) is 1. The summed E-state index contributed by atoms with van der Waals surface area (Å²) >= 11 is 9.08. The van der Waals surface area contributed by atoms with Gasteiger partial charge in [0.2, 0.25) is 0 Å². The van der Waals surface area contributed by atoms with Crippen LogP contribution < -0.4 is 15.9 Å². The summed E-state index contributed by atoms with van der Waals surface area (Å²) in [7, 11) is 0. The number of thiophene rings is 1. The van der Waals surface area contributed by atoms with E-state index in [2.05, 4.69) is 18.3 Å². The van der Waals surface area contributed by atoms with Gasteiger partial charge in [-0.2, -0.15) is 0 Å². The van der Waals surface area contributed by atoms with E-state index >= 15 is 0 Å². The van der Waals surface area contributed by atoms with Crippen molar-refractivity contribution in [2.24, 2.45) is 10.1 Å². The van der Waals surface area contributed by atoms with E-state index < -0.39 is 0 Å². The lowest BCUT2D eigenvalue weighted by atomic mass is 10.1. The number of rotatable bonds is 3. The van der Waals surface area contributed by atoms with Crippen LogP contribution in [0.3, 0.4) is 0 Å². The lowest BCUT2D eigenvalue weighted by Crippen LogP contribution is -2.50. The Bertz CT molecular complexity index is 1280. The molecule has 0 radical (unpaired) electrons. The fourth-order valence-corrected chi connectivity index (χ4v) is 5.32. The summed E-state index contributed by atoms with van der Waals surface area (Å²) in [6.45, 7) is 2.06. The second-order valence-electron chi connectivity index (χ2n) is 6.96. The number of hydrogen-bond acceptors (Lipinski definition) is 6. The fourth-order valence-electron chi connectivity index (χ4n) is 3.44. The Kier molecular flexibility index (Phi) is 5.10. The van der Waals surface area contributed by atoms with E-state index in [1.807, 2.05) is 53.9 Å². The van der Waals surface area contributed by atoms with Gasteiger partial charge in [-0.3, -0.25) is 15.1 Å². The smallest absolute Gasteiger partial charge is 0.276 e. The molecular formula is C22H17ClN4OS2. The third-order valence-corrected chi connectivity index (χ3v) is 7.19. The average molecular weight is 453 g/mol. The minimum Gasteiger partial charge on any atom is -0.298 e. The van der Waals surface area contributed by atoms with Crippen molar-refractivity contribution in [3.63, 3.8) is 0 Å². The summed E-state index contributed by atoms with van der Waals surface area (Å²) in [4.78, 5) is 19.1. The van der Waals surface area contributed by atoms with Crippen LogP contribution in [0.15, 0.2) is 70.1 Å². The number of halogens is 1. The van der Waals surface area contributed by atoms with Crippen LogP contribution in [-0.2, 0) is 10.5 Å². The Morgan fingerprint density at radius 2 is 1.97 bits per heavy atom. The fraction of sp³-hybridized carbons (Fsp3) is 0.136. The van der Waals surface area contributed by atoms with Gasteiger partial charge in [0.25, 0.3) is 5.91 Å². The van der Waals surface area contributed by atoms with E-state index in [0.717, 1.165) is 26.6 Å². The van der Waals surface area contributed by atoms with Gasteiger partial charge in [-0.25, -0.2) is 5.01 Å². The molecule has 2 aliphatic rings. The van der Waals surface area contributed by atoms with Crippen LogP contribution in [0.1, 0.15) is 22.2 Å². The van der Waals surface area contributed by atoms with Crippen LogP contribution in [0, 0.1) is 6.92 Å². The van der Waals surface area contributed by atoms with Crippen molar-refractivity contribution in [2.75, 3.05) is 0 Å². The van der Waals surface area contributed by atoms with Gasteiger partial charge in [-0.05, 0) is 47.7 Å². The maximum absolute atomic E-state index is 13.1. The SMILES string of the molecule is Cc1ccsc1[C@@H]1N=c2ccccc2=C2C(=O)NC(SCc3ccc(Cl)cc3)=NN21. The summed E-state index contributed by atoms with van der Waals surface area (Å²) < 4.78 is 0. The molecule has 8 heteroatoms. The first-order valence-electron chi connectivity index (χ1n) is 9.38. The predicted molar refractivity (Wildman–Crippen MR) is 123 cm³/mol. The number of benzene rings is 2. The summed E-state index contributed by atoms with van der Waals surface area (Å²) in [5.74, 6) is 0.515. The first kappa shape index (κ1) is 19.4. The average Bonchev–Trinajstić information content (AvgIpc) is 3.18. The van der Waals surface area contributed by atoms with Crippen molar-refractivity contribution in [3.8, 4) is 0 Å². The molecule has 1 aromatic heterocycles. The van der Waals surface area contributed by atoms with Crippen LogP contribution >= 0.6 is 34.7 Å². The molecule has 0 aliphatic carbocycles. The number of aryl methyl sites for hydroxylation is 1. The zero-order chi connectivity index (χ0) is 20.7. The lowest BCUT2D eigenvalue weighted by molar-refractivity contribution is -0.116. The number of thioether (sulfide) groups is 1. The molecule has 3 heterocycles. The molecule has 0 bridgehead atoms. The topological polar surface area (TPSA) is 57.1 Å². The molecule has 2 aromatic carbocycles. The highest BCUT2D eigenvalue weighted by molar-refractivity contribution is 8.13. The number of para-hydroxylation sites is 1. The highest BCUT2D eigenvalue weighted by Crippen LogP contribution is 2.35. The molecule has 0 fully saturated rings. The zero-order valence-electron chi connectivity index (χ0n) is 16.0. The first-order valence-corrected chi connectivity index (χ1v) is 11.6. The van der Waals surface area contributed by atoms with Crippen LogP contribution in [-0.4, -0.2) is 16.1 Å². The molecule has 5 rings (SSSR count). The van der Waals surface area contributed by atoms with Gasteiger partial charge in [0, 0.05) is 16.0 Å². The number of nitrogens with zero attached hydrogens (tertiary/aromatic N) is 3.